The Balaban J connectivity index is 1.97. The largest absolute Gasteiger partial charge is 0.480 e. The van der Waals surface area contributed by atoms with Crippen LogP contribution in [0.5, 0.6) is 11.5 Å². The number of hydrogen-bond acceptors (Lipinski definition) is 4. The third-order valence-corrected chi connectivity index (χ3v) is 2.87. The number of carbonyl (C=O) groups excluding carboxylic acids is 1. The van der Waals surface area contributed by atoms with Gasteiger partial charge in [0.1, 0.15) is 6.04 Å². The first-order valence-corrected chi connectivity index (χ1v) is 6.22. The topological polar surface area (TPSA) is 84.9 Å². The lowest BCUT2D eigenvalue weighted by Gasteiger charge is -2.16. The average Bonchev–Trinajstić information content (AvgIpc) is 2.83. The highest BCUT2D eigenvalue weighted by Gasteiger charge is 2.36. The Labute approximate surface area is 122 Å². The van der Waals surface area contributed by atoms with Crippen molar-refractivity contribution in [1.82, 2.24) is 5.32 Å². The summed E-state index contributed by atoms with van der Waals surface area (Å²) in [6, 6.07) is 2.62. The number of benzene rings is 1. The molecule has 1 unspecified atom stereocenters. The Morgan fingerprint density at radius 1 is 1.27 bits per heavy atom. The van der Waals surface area contributed by atoms with E-state index in [4.69, 9.17) is 14.6 Å². The monoisotopic (exact) mass is 319 g/mol. The van der Waals surface area contributed by atoms with Crippen LogP contribution in [0.25, 0.3) is 0 Å². The molecule has 0 fully saturated rings. The molecule has 2 rings (SSSR count). The van der Waals surface area contributed by atoms with Gasteiger partial charge >= 0.3 is 12.1 Å². The second kappa shape index (κ2) is 6.12. The number of halogens is 3. The zero-order valence-corrected chi connectivity index (χ0v) is 11.1. The predicted octanol–water partition coefficient (Wildman–Crippen LogP) is 1.48. The Morgan fingerprint density at radius 3 is 2.59 bits per heavy atom. The molecule has 1 aliphatic rings. The Bertz CT molecular complexity index is 588. The lowest BCUT2D eigenvalue weighted by molar-refractivity contribution is -0.159. The lowest BCUT2D eigenvalue weighted by Crippen LogP contribution is -2.44. The third-order valence-electron chi connectivity index (χ3n) is 2.87. The molecule has 6 nitrogen and oxygen atoms in total. The highest BCUT2D eigenvalue weighted by molar-refractivity contribution is 5.85. The number of rotatable bonds is 5. The molecule has 0 saturated heterocycles. The quantitative estimate of drug-likeness (QED) is 0.859. The fourth-order valence-electron chi connectivity index (χ4n) is 1.91. The van der Waals surface area contributed by atoms with E-state index >= 15 is 0 Å². The zero-order valence-electron chi connectivity index (χ0n) is 11.1. The van der Waals surface area contributed by atoms with E-state index in [0.717, 1.165) is 0 Å². The standard InChI is InChI=1S/C13H12F3NO5/c14-13(15,16)5-8(12(19)20)17-11(18)4-7-1-2-9-10(3-7)22-6-21-9/h1-3,8H,4-6H2,(H,17,18)(H,19,20). The summed E-state index contributed by atoms with van der Waals surface area (Å²) in [4.78, 5) is 22.5. The van der Waals surface area contributed by atoms with E-state index in [1.165, 1.54) is 6.07 Å². The van der Waals surface area contributed by atoms with Crippen LogP contribution in [0.3, 0.4) is 0 Å². The van der Waals surface area contributed by atoms with Crippen molar-refractivity contribution in [3.63, 3.8) is 0 Å². The summed E-state index contributed by atoms with van der Waals surface area (Å²) in [5.74, 6) is -1.63. The molecule has 0 spiro atoms. The van der Waals surface area contributed by atoms with Crippen molar-refractivity contribution in [3.05, 3.63) is 23.8 Å². The van der Waals surface area contributed by atoms with Gasteiger partial charge in [-0.15, -0.1) is 0 Å². The van der Waals surface area contributed by atoms with E-state index in [9.17, 15) is 22.8 Å². The molecule has 1 aliphatic heterocycles. The smallest absolute Gasteiger partial charge is 0.391 e. The fraction of sp³-hybridized carbons (Fsp3) is 0.385. The van der Waals surface area contributed by atoms with Crippen LogP contribution >= 0.6 is 0 Å². The van der Waals surface area contributed by atoms with Gasteiger partial charge in [0.15, 0.2) is 11.5 Å². The number of ether oxygens (including phenoxy) is 2. The van der Waals surface area contributed by atoms with Crippen LogP contribution in [0.2, 0.25) is 0 Å². The molecule has 0 aromatic heterocycles. The molecule has 0 bridgehead atoms. The van der Waals surface area contributed by atoms with Crippen LogP contribution in [0.4, 0.5) is 13.2 Å². The first-order chi connectivity index (χ1) is 10.2. The van der Waals surface area contributed by atoms with Crippen LogP contribution in [0.1, 0.15) is 12.0 Å². The highest BCUT2D eigenvalue weighted by Crippen LogP contribution is 2.32. The molecule has 9 heteroatoms. The molecular formula is C13H12F3NO5. The number of alkyl halides is 3. The summed E-state index contributed by atoms with van der Waals surface area (Å²) in [7, 11) is 0. The van der Waals surface area contributed by atoms with Gasteiger partial charge in [0, 0.05) is 0 Å². The van der Waals surface area contributed by atoms with Gasteiger partial charge in [-0.25, -0.2) is 4.79 Å². The van der Waals surface area contributed by atoms with Gasteiger partial charge in [0.25, 0.3) is 0 Å². The maximum atomic E-state index is 12.2. The number of aliphatic carboxylic acids is 1. The molecule has 1 aromatic carbocycles. The number of carboxylic acid groups (broad SMARTS) is 1. The van der Waals surface area contributed by atoms with Crippen LogP contribution < -0.4 is 14.8 Å². The van der Waals surface area contributed by atoms with Crippen LogP contribution in [0, 0.1) is 0 Å². The van der Waals surface area contributed by atoms with Gasteiger partial charge in [-0.3, -0.25) is 4.79 Å². The molecule has 1 aromatic rings. The number of carbonyl (C=O) groups is 2. The van der Waals surface area contributed by atoms with Gasteiger partial charge in [0.2, 0.25) is 12.7 Å². The van der Waals surface area contributed by atoms with Gasteiger partial charge < -0.3 is 19.9 Å². The number of amides is 1. The van der Waals surface area contributed by atoms with Crippen molar-refractivity contribution in [2.75, 3.05) is 6.79 Å². The van der Waals surface area contributed by atoms with Gasteiger partial charge in [-0.2, -0.15) is 13.2 Å². The highest BCUT2D eigenvalue weighted by atomic mass is 19.4. The zero-order chi connectivity index (χ0) is 16.3. The molecule has 22 heavy (non-hydrogen) atoms. The summed E-state index contributed by atoms with van der Waals surface area (Å²) in [5.41, 5.74) is 0.470. The van der Waals surface area contributed by atoms with E-state index in [0.29, 0.717) is 17.1 Å². The van der Waals surface area contributed by atoms with Crippen molar-refractivity contribution < 1.29 is 37.3 Å². The van der Waals surface area contributed by atoms with Crippen LogP contribution in [-0.4, -0.2) is 36.0 Å². The van der Waals surface area contributed by atoms with E-state index in [1.807, 2.05) is 5.32 Å². The normalized spacial score (nSPS) is 14.5. The first-order valence-electron chi connectivity index (χ1n) is 6.22. The maximum Gasteiger partial charge on any atom is 0.391 e. The molecule has 1 atom stereocenters. The molecule has 0 saturated carbocycles. The van der Waals surface area contributed by atoms with Crippen molar-refractivity contribution in [2.24, 2.45) is 0 Å². The summed E-state index contributed by atoms with van der Waals surface area (Å²) in [6.07, 6.45) is -6.58. The number of fused-ring (bicyclic) bond motifs is 1. The van der Waals surface area contributed by atoms with Crippen LogP contribution in [-0.2, 0) is 16.0 Å². The van der Waals surface area contributed by atoms with E-state index in [2.05, 4.69) is 0 Å². The van der Waals surface area contributed by atoms with Crippen molar-refractivity contribution in [1.29, 1.82) is 0 Å². The molecule has 1 amide bonds. The molecule has 1 heterocycles. The Morgan fingerprint density at radius 2 is 1.95 bits per heavy atom. The van der Waals surface area contributed by atoms with Crippen molar-refractivity contribution >= 4 is 11.9 Å². The SMILES string of the molecule is O=C(Cc1ccc2c(c1)OCO2)NC(CC(F)(F)F)C(=O)O. The van der Waals surface area contributed by atoms with Gasteiger partial charge in [-0.05, 0) is 17.7 Å². The van der Waals surface area contributed by atoms with E-state index in [1.54, 1.807) is 12.1 Å². The summed E-state index contributed by atoms with van der Waals surface area (Å²) >= 11 is 0. The maximum absolute atomic E-state index is 12.2. The van der Waals surface area contributed by atoms with Gasteiger partial charge in [0.05, 0.1) is 12.8 Å². The average molecular weight is 319 g/mol. The van der Waals surface area contributed by atoms with E-state index in [-0.39, 0.29) is 13.2 Å². The first kappa shape index (κ1) is 15.9. The number of nitrogens with one attached hydrogen (secondary N) is 1. The Hall–Kier alpha value is -2.45. The Kier molecular flexibility index (Phi) is 4.43. The number of carboxylic acids is 1. The fourth-order valence-corrected chi connectivity index (χ4v) is 1.91. The molecule has 0 aliphatic carbocycles. The van der Waals surface area contributed by atoms with Gasteiger partial charge in [-0.1, -0.05) is 6.07 Å². The van der Waals surface area contributed by atoms with Crippen molar-refractivity contribution in [2.45, 2.75) is 25.1 Å². The number of hydrogen-bond donors (Lipinski definition) is 2. The lowest BCUT2D eigenvalue weighted by atomic mass is 10.1. The predicted molar refractivity (Wildman–Crippen MR) is 66.5 cm³/mol. The minimum atomic E-state index is -4.69. The third kappa shape index (κ3) is 4.27. The summed E-state index contributed by atoms with van der Waals surface area (Å²) < 4.78 is 46.9. The van der Waals surface area contributed by atoms with Crippen LogP contribution in [0.15, 0.2) is 18.2 Å². The minimum Gasteiger partial charge on any atom is -0.480 e. The summed E-state index contributed by atoms with van der Waals surface area (Å²) in [5, 5.41) is 10.6. The summed E-state index contributed by atoms with van der Waals surface area (Å²) in [6.45, 7) is 0.0532. The van der Waals surface area contributed by atoms with E-state index < -0.39 is 30.5 Å². The molecule has 2 N–H and O–H groups in total. The minimum absolute atomic E-state index is 0.0532. The molecular weight excluding hydrogens is 307 g/mol. The molecule has 0 radical (unpaired) electrons. The molecule has 120 valence electrons. The second-order valence-corrected chi connectivity index (χ2v) is 4.64. The van der Waals surface area contributed by atoms with Crippen molar-refractivity contribution in [3.8, 4) is 11.5 Å². The second-order valence-electron chi connectivity index (χ2n) is 4.64.